The Balaban J connectivity index is 1.91. The first-order chi connectivity index (χ1) is 11.2. The number of ether oxygens (including phenoxy) is 1. The number of rotatable bonds is 3. The molecule has 0 aliphatic heterocycles. The van der Waals surface area contributed by atoms with E-state index in [0.29, 0.717) is 22.8 Å². The molecule has 4 heteroatoms. The highest BCUT2D eigenvalue weighted by Gasteiger charge is 2.13. The van der Waals surface area contributed by atoms with Crippen LogP contribution in [0.15, 0.2) is 65.3 Å². The van der Waals surface area contributed by atoms with E-state index in [9.17, 15) is 4.79 Å². The molecule has 0 fully saturated rings. The molecule has 0 bridgehead atoms. The van der Waals surface area contributed by atoms with E-state index in [2.05, 4.69) is 4.98 Å². The summed E-state index contributed by atoms with van der Waals surface area (Å²) in [6.07, 6.45) is 1.59. The minimum absolute atomic E-state index is 0.00324. The molecule has 2 aromatic carbocycles. The second-order valence-electron chi connectivity index (χ2n) is 5.28. The van der Waals surface area contributed by atoms with E-state index in [1.807, 2.05) is 42.5 Å². The summed E-state index contributed by atoms with van der Waals surface area (Å²) >= 11 is 0. The molecule has 0 spiro atoms. The molecular weight excluding hydrogens is 290 g/mol. The van der Waals surface area contributed by atoms with Gasteiger partial charge in [-0.1, -0.05) is 24.3 Å². The van der Waals surface area contributed by atoms with E-state index in [0.717, 1.165) is 16.3 Å². The highest BCUT2D eigenvalue weighted by atomic mass is 16.5. The Bertz CT molecular complexity index is 1030. The van der Waals surface area contributed by atoms with Crippen LogP contribution in [0.1, 0.15) is 17.3 Å². The molecule has 112 valence electrons. The fourth-order valence-corrected chi connectivity index (χ4v) is 2.58. The van der Waals surface area contributed by atoms with Crippen LogP contribution < -0.4 is 4.74 Å². The average molecular weight is 303 g/mol. The first-order valence-electron chi connectivity index (χ1n) is 7.27. The number of Topliss-reactive ketones (excluding diaryl/α,β-unsaturated/α-hetero) is 1. The van der Waals surface area contributed by atoms with Crippen molar-refractivity contribution in [1.82, 2.24) is 4.98 Å². The molecule has 0 aliphatic carbocycles. The molecule has 0 unspecified atom stereocenters. The Kier molecular flexibility index (Phi) is 3.08. The summed E-state index contributed by atoms with van der Waals surface area (Å²) in [6.45, 7) is 1.54. The van der Waals surface area contributed by atoms with Crippen LogP contribution in [0.3, 0.4) is 0 Å². The fraction of sp³-hybridized carbons (Fsp3) is 0.0526. The molecule has 0 atom stereocenters. The van der Waals surface area contributed by atoms with E-state index >= 15 is 0 Å². The minimum atomic E-state index is 0.00324. The van der Waals surface area contributed by atoms with Crippen LogP contribution in [0.25, 0.3) is 22.0 Å². The van der Waals surface area contributed by atoms with Crippen molar-refractivity contribution in [2.75, 3.05) is 0 Å². The lowest BCUT2D eigenvalue weighted by molar-refractivity contribution is 0.101. The predicted molar refractivity (Wildman–Crippen MR) is 88.0 cm³/mol. The zero-order valence-corrected chi connectivity index (χ0v) is 12.4. The number of benzene rings is 2. The zero-order chi connectivity index (χ0) is 15.8. The molecule has 4 nitrogen and oxygen atoms in total. The third kappa shape index (κ3) is 2.34. The Morgan fingerprint density at radius 1 is 1.04 bits per heavy atom. The molecule has 0 saturated carbocycles. The average Bonchev–Trinajstić information content (AvgIpc) is 3.03. The van der Waals surface area contributed by atoms with Crippen LogP contribution in [0, 0.1) is 0 Å². The zero-order valence-electron chi connectivity index (χ0n) is 12.4. The number of para-hydroxylation sites is 1. The quantitative estimate of drug-likeness (QED) is 0.501. The summed E-state index contributed by atoms with van der Waals surface area (Å²) in [4.78, 5) is 16.0. The molecule has 2 aromatic heterocycles. The van der Waals surface area contributed by atoms with Crippen molar-refractivity contribution in [2.45, 2.75) is 6.92 Å². The SMILES string of the molecule is CC(=O)c1cccc(Oc2c3ccccc3nc3occc23)c1. The third-order valence-electron chi connectivity index (χ3n) is 3.72. The summed E-state index contributed by atoms with van der Waals surface area (Å²) in [6, 6.07) is 16.7. The maximum absolute atomic E-state index is 11.6. The van der Waals surface area contributed by atoms with Crippen LogP contribution >= 0.6 is 0 Å². The van der Waals surface area contributed by atoms with Gasteiger partial charge in [-0.25, -0.2) is 4.98 Å². The lowest BCUT2D eigenvalue weighted by atomic mass is 10.1. The standard InChI is InChI=1S/C19H13NO3/c1-12(21)13-5-4-6-14(11-13)23-18-15-7-2-3-8-17(15)20-19-16(18)9-10-22-19/h2-11H,1H3. The van der Waals surface area contributed by atoms with Crippen molar-refractivity contribution < 1.29 is 13.9 Å². The smallest absolute Gasteiger partial charge is 0.230 e. The molecule has 0 saturated heterocycles. The van der Waals surface area contributed by atoms with Gasteiger partial charge >= 0.3 is 0 Å². The van der Waals surface area contributed by atoms with Gasteiger partial charge in [0.15, 0.2) is 5.78 Å². The van der Waals surface area contributed by atoms with Crippen LogP contribution in [-0.2, 0) is 0 Å². The number of ketones is 1. The van der Waals surface area contributed by atoms with Gasteiger partial charge in [-0.2, -0.15) is 0 Å². The lowest BCUT2D eigenvalue weighted by Gasteiger charge is -2.10. The monoisotopic (exact) mass is 303 g/mol. The minimum Gasteiger partial charge on any atom is -0.456 e. The predicted octanol–water partition coefficient (Wildman–Crippen LogP) is 4.98. The Morgan fingerprint density at radius 2 is 1.91 bits per heavy atom. The van der Waals surface area contributed by atoms with Crippen molar-refractivity contribution in [3.8, 4) is 11.5 Å². The van der Waals surface area contributed by atoms with Crippen LogP contribution in [-0.4, -0.2) is 10.8 Å². The van der Waals surface area contributed by atoms with E-state index < -0.39 is 0 Å². The van der Waals surface area contributed by atoms with E-state index in [1.54, 1.807) is 18.4 Å². The number of aromatic nitrogens is 1. The number of hydrogen-bond donors (Lipinski definition) is 0. The van der Waals surface area contributed by atoms with Crippen molar-refractivity contribution in [1.29, 1.82) is 0 Å². The second-order valence-corrected chi connectivity index (χ2v) is 5.28. The first kappa shape index (κ1) is 13.5. The van der Waals surface area contributed by atoms with Gasteiger partial charge in [-0.3, -0.25) is 4.79 Å². The van der Waals surface area contributed by atoms with Gasteiger partial charge in [0.05, 0.1) is 17.2 Å². The molecular formula is C19H13NO3. The summed E-state index contributed by atoms with van der Waals surface area (Å²) in [5, 5.41) is 1.70. The van der Waals surface area contributed by atoms with Crippen LogP contribution in [0.5, 0.6) is 11.5 Å². The molecule has 2 heterocycles. The highest BCUT2D eigenvalue weighted by Crippen LogP contribution is 2.36. The number of pyridine rings is 1. The van der Waals surface area contributed by atoms with E-state index in [1.165, 1.54) is 6.92 Å². The summed E-state index contributed by atoms with van der Waals surface area (Å²) in [5.41, 5.74) is 1.94. The number of nitrogens with zero attached hydrogens (tertiary/aromatic N) is 1. The third-order valence-corrected chi connectivity index (χ3v) is 3.72. The molecule has 0 aliphatic rings. The van der Waals surface area contributed by atoms with Crippen LogP contribution in [0.2, 0.25) is 0 Å². The van der Waals surface area contributed by atoms with Gasteiger partial charge in [0.2, 0.25) is 5.71 Å². The van der Waals surface area contributed by atoms with Gasteiger partial charge in [-0.05, 0) is 37.3 Å². The highest BCUT2D eigenvalue weighted by molar-refractivity contribution is 5.99. The number of carbonyl (C=O) groups excluding carboxylic acids is 1. The number of furan rings is 1. The number of fused-ring (bicyclic) bond motifs is 2. The number of carbonyl (C=O) groups is 1. The normalized spacial score (nSPS) is 11.0. The molecule has 23 heavy (non-hydrogen) atoms. The molecule has 0 amide bonds. The van der Waals surface area contributed by atoms with E-state index in [-0.39, 0.29) is 5.78 Å². The summed E-state index contributed by atoms with van der Waals surface area (Å²) < 4.78 is 11.5. The van der Waals surface area contributed by atoms with Gasteiger partial charge in [0, 0.05) is 10.9 Å². The second kappa shape index (κ2) is 5.25. The topological polar surface area (TPSA) is 52.3 Å². The lowest BCUT2D eigenvalue weighted by Crippen LogP contribution is -1.93. The largest absolute Gasteiger partial charge is 0.456 e. The molecule has 0 radical (unpaired) electrons. The molecule has 0 N–H and O–H groups in total. The fourth-order valence-electron chi connectivity index (χ4n) is 2.58. The van der Waals surface area contributed by atoms with Crippen LogP contribution in [0.4, 0.5) is 0 Å². The van der Waals surface area contributed by atoms with Gasteiger partial charge in [0.1, 0.15) is 11.5 Å². The summed E-state index contributed by atoms with van der Waals surface area (Å²) in [7, 11) is 0. The van der Waals surface area contributed by atoms with Crippen molar-refractivity contribution in [3.63, 3.8) is 0 Å². The van der Waals surface area contributed by atoms with Crippen molar-refractivity contribution >= 4 is 27.8 Å². The van der Waals surface area contributed by atoms with Gasteiger partial charge in [-0.15, -0.1) is 0 Å². The first-order valence-corrected chi connectivity index (χ1v) is 7.27. The Hall–Kier alpha value is -3.14. The van der Waals surface area contributed by atoms with Gasteiger partial charge < -0.3 is 9.15 Å². The molecule has 4 aromatic rings. The molecule has 4 rings (SSSR count). The van der Waals surface area contributed by atoms with E-state index in [4.69, 9.17) is 9.15 Å². The maximum Gasteiger partial charge on any atom is 0.230 e. The Morgan fingerprint density at radius 3 is 2.78 bits per heavy atom. The van der Waals surface area contributed by atoms with Crippen molar-refractivity contribution in [3.05, 3.63) is 66.4 Å². The summed E-state index contributed by atoms with van der Waals surface area (Å²) in [5.74, 6) is 1.29. The maximum atomic E-state index is 11.6. The van der Waals surface area contributed by atoms with Crippen molar-refractivity contribution in [2.24, 2.45) is 0 Å². The van der Waals surface area contributed by atoms with Gasteiger partial charge in [0.25, 0.3) is 0 Å². The number of hydrogen-bond acceptors (Lipinski definition) is 4. The Labute approximate surface area is 132 Å².